The van der Waals surface area contributed by atoms with Gasteiger partial charge in [-0.05, 0) is 45.0 Å². The molecule has 6 nitrogen and oxygen atoms in total. The van der Waals surface area contributed by atoms with Gasteiger partial charge in [0.2, 0.25) is 0 Å². The summed E-state index contributed by atoms with van der Waals surface area (Å²) in [5.74, 6) is 0.581. The molecule has 1 aromatic carbocycles. The molecule has 0 saturated carbocycles. The Hall–Kier alpha value is -1.46. The first-order chi connectivity index (χ1) is 15.0. The van der Waals surface area contributed by atoms with Crippen LogP contribution in [0.3, 0.4) is 0 Å². The molecule has 1 saturated heterocycles. The van der Waals surface area contributed by atoms with Crippen LogP contribution in [0.15, 0.2) is 23.2 Å². The minimum Gasteiger partial charge on any atom is -0.367 e. The highest BCUT2D eigenvalue weighted by Gasteiger charge is 2.18. The Labute approximate surface area is 212 Å². The standard InChI is InChI=1S/C23H35FN6S.HI/c1-5-25-23(26-10-9-22-28-17(3)18(4)31-22)27-16-19-7-8-21(20(24)15-19)30-13-11-29(6-2)12-14-30;/h7-8,15H,5-6,9-14,16H2,1-4H3,(H2,25,26,27);1H. The van der Waals surface area contributed by atoms with Gasteiger partial charge in [-0.15, -0.1) is 35.3 Å². The summed E-state index contributed by atoms with van der Waals surface area (Å²) in [4.78, 5) is 15.0. The lowest BCUT2D eigenvalue weighted by Crippen LogP contribution is -2.46. The van der Waals surface area contributed by atoms with Gasteiger partial charge in [-0.1, -0.05) is 13.0 Å². The Kier molecular flexibility index (Phi) is 11.1. The number of nitrogens with one attached hydrogen (secondary N) is 2. The van der Waals surface area contributed by atoms with Crippen molar-refractivity contribution >= 4 is 47.0 Å². The Bertz CT molecular complexity index is 860. The number of hydrogen-bond acceptors (Lipinski definition) is 5. The van der Waals surface area contributed by atoms with Crippen LogP contribution in [0.4, 0.5) is 10.1 Å². The van der Waals surface area contributed by atoms with Gasteiger partial charge in [0.25, 0.3) is 0 Å². The van der Waals surface area contributed by atoms with Crippen molar-refractivity contribution in [3.63, 3.8) is 0 Å². The van der Waals surface area contributed by atoms with E-state index in [0.29, 0.717) is 12.2 Å². The summed E-state index contributed by atoms with van der Waals surface area (Å²) in [5.41, 5.74) is 2.68. The number of anilines is 1. The van der Waals surface area contributed by atoms with E-state index in [1.54, 1.807) is 17.4 Å². The molecule has 1 fully saturated rings. The third-order valence-electron chi connectivity index (χ3n) is 5.64. The number of thiazole rings is 1. The number of hydrogen-bond donors (Lipinski definition) is 2. The van der Waals surface area contributed by atoms with Gasteiger partial charge < -0.3 is 20.4 Å². The fourth-order valence-electron chi connectivity index (χ4n) is 3.66. The first-order valence-corrected chi connectivity index (χ1v) is 12.0. The zero-order chi connectivity index (χ0) is 22.2. The number of guanidine groups is 1. The number of likely N-dealkylation sites (N-methyl/N-ethyl adjacent to an activating group) is 1. The fourth-order valence-corrected chi connectivity index (χ4v) is 4.59. The Morgan fingerprint density at radius 2 is 1.91 bits per heavy atom. The third kappa shape index (κ3) is 7.55. The molecule has 0 amide bonds. The van der Waals surface area contributed by atoms with Gasteiger partial charge in [0.15, 0.2) is 5.96 Å². The second kappa shape index (κ2) is 13.3. The first-order valence-electron chi connectivity index (χ1n) is 11.2. The number of aliphatic imine (C=N–C) groups is 1. The maximum Gasteiger partial charge on any atom is 0.191 e. The summed E-state index contributed by atoms with van der Waals surface area (Å²) in [5, 5.41) is 7.75. The summed E-state index contributed by atoms with van der Waals surface area (Å²) in [6.45, 7) is 15.1. The van der Waals surface area contributed by atoms with E-state index < -0.39 is 0 Å². The first kappa shape index (κ1) is 26.8. The number of aryl methyl sites for hydroxylation is 2. The predicted octanol–water partition coefficient (Wildman–Crippen LogP) is 3.96. The number of aromatic nitrogens is 1. The molecule has 2 N–H and O–H groups in total. The second-order valence-electron chi connectivity index (χ2n) is 7.83. The molecule has 0 radical (unpaired) electrons. The molecule has 3 rings (SSSR count). The molecule has 0 unspecified atom stereocenters. The lowest BCUT2D eigenvalue weighted by molar-refractivity contribution is 0.270. The Balaban J connectivity index is 0.00000363. The van der Waals surface area contributed by atoms with Crippen LogP contribution in [-0.2, 0) is 13.0 Å². The van der Waals surface area contributed by atoms with Crippen LogP contribution in [-0.4, -0.2) is 61.7 Å². The molecule has 0 spiro atoms. The molecule has 32 heavy (non-hydrogen) atoms. The molecule has 0 bridgehead atoms. The van der Waals surface area contributed by atoms with E-state index in [9.17, 15) is 4.39 Å². The van der Waals surface area contributed by atoms with Crippen molar-refractivity contribution in [3.05, 3.63) is 45.2 Å². The van der Waals surface area contributed by atoms with Crippen molar-refractivity contribution in [2.24, 2.45) is 4.99 Å². The molecule has 2 aromatic rings. The summed E-state index contributed by atoms with van der Waals surface area (Å²) >= 11 is 1.75. The molecule has 1 aliphatic heterocycles. The number of halogens is 2. The van der Waals surface area contributed by atoms with Crippen molar-refractivity contribution in [2.75, 3.05) is 50.7 Å². The van der Waals surface area contributed by atoms with Crippen molar-refractivity contribution in [2.45, 2.75) is 40.7 Å². The maximum absolute atomic E-state index is 14.8. The van der Waals surface area contributed by atoms with Crippen LogP contribution in [0, 0.1) is 19.7 Å². The molecular formula is C23H36FIN6S. The average Bonchev–Trinajstić information content (AvgIpc) is 3.09. The molecule has 178 valence electrons. The highest BCUT2D eigenvalue weighted by Crippen LogP contribution is 2.22. The van der Waals surface area contributed by atoms with Crippen molar-refractivity contribution in [1.29, 1.82) is 0 Å². The van der Waals surface area contributed by atoms with Gasteiger partial charge in [-0.2, -0.15) is 0 Å². The highest BCUT2D eigenvalue weighted by atomic mass is 127. The van der Waals surface area contributed by atoms with Crippen LogP contribution in [0.2, 0.25) is 0 Å². The number of nitrogens with zero attached hydrogens (tertiary/aromatic N) is 4. The average molecular weight is 575 g/mol. The Morgan fingerprint density at radius 3 is 2.50 bits per heavy atom. The summed E-state index contributed by atoms with van der Waals surface area (Å²) in [7, 11) is 0. The van der Waals surface area contributed by atoms with Crippen LogP contribution in [0.1, 0.15) is 35.0 Å². The van der Waals surface area contributed by atoms with Crippen LogP contribution in [0.25, 0.3) is 0 Å². The maximum atomic E-state index is 14.8. The molecule has 2 heterocycles. The van der Waals surface area contributed by atoms with Gasteiger partial charge in [0.1, 0.15) is 5.82 Å². The van der Waals surface area contributed by atoms with E-state index in [-0.39, 0.29) is 29.8 Å². The lowest BCUT2D eigenvalue weighted by Gasteiger charge is -2.35. The summed E-state index contributed by atoms with van der Waals surface area (Å²) < 4.78 is 14.8. The summed E-state index contributed by atoms with van der Waals surface area (Å²) in [6, 6.07) is 5.50. The third-order valence-corrected chi connectivity index (χ3v) is 6.77. The SMILES string of the molecule is CCNC(=NCc1ccc(N2CCN(CC)CC2)c(F)c1)NCCc1nc(C)c(C)s1.I. The molecule has 1 aliphatic rings. The molecule has 0 aliphatic carbocycles. The van der Waals surface area contributed by atoms with Gasteiger partial charge in [-0.3, -0.25) is 0 Å². The van der Waals surface area contributed by atoms with Crippen molar-refractivity contribution in [1.82, 2.24) is 20.5 Å². The highest BCUT2D eigenvalue weighted by molar-refractivity contribution is 14.0. The van der Waals surface area contributed by atoms with Gasteiger partial charge in [0, 0.05) is 50.6 Å². The monoisotopic (exact) mass is 574 g/mol. The second-order valence-corrected chi connectivity index (χ2v) is 9.12. The van der Waals surface area contributed by atoms with Gasteiger partial charge in [0.05, 0.1) is 22.9 Å². The molecular weight excluding hydrogens is 538 g/mol. The van der Waals surface area contributed by atoms with Crippen LogP contribution in [0.5, 0.6) is 0 Å². The normalized spacial score (nSPS) is 14.9. The van der Waals surface area contributed by atoms with E-state index in [4.69, 9.17) is 0 Å². The fraction of sp³-hybridized carbons (Fsp3) is 0.565. The van der Waals surface area contributed by atoms with E-state index in [1.807, 2.05) is 26.0 Å². The topological polar surface area (TPSA) is 55.8 Å². The van der Waals surface area contributed by atoms with Crippen LogP contribution < -0.4 is 15.5 Å². The van der Waals surface area contributed by atoms with E-state index in [2.05, 4.69) is 44.3 Å². The number of piperazine rings is 1. The zero-order valence-electron chi connectivity index (χ0n) is 19.6. The van der Waals surface area contributed by atoms with Gasteiger partial charge >= 0.3 is 0 Å². The van der Waals surface area contributed by atoms with Crippen molar-refractivity contribution in [3.8, 4) is 0 Å². The van der Waals surface area contributed by atoms with Gasteiger partial charge in [-0.25, -0.2) is 14.4 Å². The summed E-state index contributed by atoms with van der Waals surface area (Å²) in [6.07, 6.45) is 0.860. The smallest absolute Gasteiger partial charge is 0.191 e. The lowest BCUT2D eigenvalue weighted by atomic mass is 10.1. The zero-order valence-corrected chi connectivity index (χ0v) is 22.7. The van der Waals surface area contributed by atoms with E-state index in [1.165, 1.54) is 4.88 Å². The molecule has 1 aromatic heterocycles. The number of benzene rings is 1. The predicted molar refractivity (Wildman–Crippen MR) is 144 cm³/mol. The number of rotatable bonds is 8. The minimum atomic E-state index is -0.162. The van der Waals surface area contributed by atoms with Crippen LogP contribution >= 0.6 is 35.3 Å². The molecule has 9 heteroatoms. The van der Waals surface area contributed by atoms with E-state index in [0.717, 1.165) is 74.5 Å². The quantitative estimate of drug-likeness (QED) is 0.284. The minimum absolute atomic E-state index is 0. The largest absolute Gasteiger partial charge is 0.367 e. The van der Waals surface area contributed by atoms with E-state index >= 15 is 0 Å². The Morgan fingerprint density at radius 1 is 1.16 bits per heavy atom. The van der Waals surface area contributed by atoms with Crippen molar-refractivity contribution < 1.29 is 4.39 Å². The molecule has 0 atom stereocenters.